The van der Waals surface area contributed by atoms with Crippen LogP contribution >= 0.6 is 0 Å². The van der Waals surface area contributed by atoms with Crippen molar-refractivity contribution in [3.63, 3.8) is 0 Å². The summed E-state index contributed by atoms with van der Waals surface area (Å²) in [6.07, 6.45) is 2.79. The lowest BCUT2D eigenvalue weighted by molar-refractivity contribution is 0.216. The number of para-hydroxylation sites is 2. The van der Waals surface area contributed by atoms with Crippen LogP contribution in [0.4, 0.5) is 27.5 Å². The second-order valence-electron chi connectivity index (χ2n) is 10.6. The van der Waals surface area contributed by atoms with Crippen molar-refractivity contribution in [1.82, 2.24) is 14.9 Å². The number of aromatic nitrogens is 2. The monoisotopic (exact) mass is 621 g/mol. The highest BCUT2D eigenvalue weighted by Crippen LogP contribution is 2.35. The van der Waals surface area contributed by atoms with Gasteiger partial charge in [0.05, 0.1) is 12.8 Å². The molecule has 0 saturated heterocycles. The minimum atomic E-state index is -0.478. The summed E-state index contributed by atoms with van der Waals surface area (Å²) in [7, 11) is 1.61. The number of nitrogens with zero attached hydrogens (tertiary/aromatic N) is 3. The van der Waals surface area contributed by atoms with E-state index in [9.17, 15) is 0 Å². The Morgan fingerprint density at radius 2 is 1.59 bits per heavy atom. The number of rotatable bonds is 16. The molecule has 2 N–H and O–H groups in total. The maximum absolute atomic E-state index is 15.3. The summed E-state index contributed by atoms with van der Waals surface area (Å²) in [4.78, 5) is 11.7. The number of hydrogen-bond donors (Lipinski definition) is 2. The van der Waals surface area contributed by atoms with E-state index in [-0.39, 0.29) is 12.4 Å². The van der Waals surface area contributed by atoms with E-state index in [4.69, 9.17) is 19.2 Å². The van der Waals surface area contributed by atoms with E-state index in [0.29, 0.717) is 40.9 Å². The lowest BCUT2D eigenvalue weighted by atomic mass is 10.1. The van der Waals surface area contributed by atoms with E-state index in [1.165, 1.54) is 6.07 Å². The zero-order valence-electron chi connectivity index (χ0n) is 26.5. The van der Waals surface area contributed by atoms with Gasteiger partial charge in [0.15, 0.2) is 11.6 Å². The molecule has 1 aromatic heterocycles. The first-order valence-electron chi connectivity index (χ1n) is 15.5. The van der Waals surface area contributed by atoms with Crippen molar-refractivity contribution in [1.29, 1.82) is 0 Å². The van der Waals surface area contributed by atoms with Crippen LogP contribution in [0.3, 0.4) is 0 Å². The first-order chi connectivity index (χ1) is 22.6. The molecule has 5 rings (SSSR count). The minimum absolute atomic E-state index is 0.169. The Morgan fingerprint density at radius 3 is 2.33 bits per heavy atom. The average Bonchev–Trinajstić information content (AvgIpc) is 3.09. The Labute approximate surface area is 270 Å². The van der Waals surface area contributed by atoms with Crippen molar-refractivity contribution in [2.45, 2.75) is 26.9 Å². The molecule has 9 heteroatoms. The molecule has 0 amide bonds. The topological polar surface area (TPSA) is 80.8 Å². The van der Waals surface area contributed by atoms with E-state index < -0.39 is 5.82 Å². The smallest absolute Gasteiger partial charge is 0.229 e. The number of likely N-dealkylation sites (N-methyl/N-ethyl adjacent to an activating group) is 1. The molecule has 5 aromatic rings. The third-order valence-corrected chi connectivity index (χ3v) is 7.40. The molecule has 0 unspecified atom stereocenters. The van der Waals surface area contributed by atoms with E-state index in [0.717, 1.165) is 43.1 Å². The van der Waals surface area contributed by atoms with Crippen LogP contribution in [0.5, 0.6) is 17.2 Å². The highest BCUT2D eigenvalue weighted by molar-refractivity contribution is 5.80. The fourth-order valence-electron chi connectivity index (χ4n) is 4.95. The number of halogens is 1. The molecule has 238 valence electrons. The quantitative estimate of drug-likeness (QED) is 0.114. The molecule has 8 nitrogen and oxygen atoms in total. The molecule has 1 heterocycles. The first kappa shape index (κ1) is 32.2. The van der Waals surface area contributed by atoms with Crippen molar-refractivity contribution in [3.05, 3.63) is 115 Å². The van der Waals surface area contributed by atoms with Crippen molar-refractivity contribution in [2.24, 2.45) is 0 Å². The highest BCUT2D eigenvalue weighted by Gasteiger charge is 2.15. The molecule has 0 saturated carbocycles. The van der Waals surface area contributed by atoms with Gasteiger partial charge in [0.2, 0.25) is 5.95 Å². The van der Waals surface area contributed by atoms with Gasteiger partial charge in [-0.3, -0.25) is 0 Å². The number of hydrogen-bond acceptors (Lipinski definition) is 8. The molecule has 0 bridgehead atoms. The second kappa shape index (κ2) is 16.2. The van der Waals surface area contributed by atoms with Gasteiger partial charge < -0.3 is 29.7 Å². The highest BCUT2D eigenvalue weighted by atomic mass is 19.1. The van der Waals surface area contributed by atoms with Gasteiger partial charge in [-0.25, -0.2) is 9.37 Å². The van der Waals surface area contributed by atoms with Crippen LogP contribution in [0.2, 0.25) is 0 Å². The predicted octanol–water partition coefficient (Wildman–Crippen LogP) is 8.47. The summed E-state index contributed by atoms with van der Waals surface area (Å²) >= 11 is 0. The molecule has 0 radical (unpaired) electrons. The van der Waals surface area contributed by atoms with Gasteiger partial charge in [-0.2, -0.15) is 4.98 Å². The van der Waals surface area contributed by atoms with Crippen molar-refractivity contribution in [2.75, 3.05) is 44.0 Å². The fourth-order valence-corrected chi connectivity index (χ4v) is 4.95. The second-order valence-corrected chi connectivity index (χ2v) is 10.6. The van der Waals surface area contributed by atoms with Gasteiger partial charge in [0.1, 0.15) is 30.5 Å². The Hall–Kier alpha value is -5.15. The molecule has 0 spiro atoms. The van der Waals surface area contributed by atoms with Crippen LogP contribution in [0, 0.1) is 5.82 Å². The summed E-state index contributed by atoms with van der Waals surface area (Å²) in [6, 6.07) is 29.7. The zero-order chi connectivity index (χ0) is 32.1. The van der Waals surface area contributed by atoms with Crippen molar-refractivity contribution in [3.8, 4) is 28.4 Å². The lowest BCUT2D eigenvalue weighted by Crippen LogP contribution is -2.28. The summed E-state index contributed by atoms with van der Waals surface area (Å²) in [5, 5.41) is 6.62. The van der Waals surface area contributed by atoms with Gasteiger partial charge in [0.25, 0.3) is 0 Å². The third-order valence-electron chi connectivity index (χ3n) is 7.40. The van der Waals surface area contributed by atoms with Crippen LogP contribution in [0.15, 0.2) is 103 Å². The number of ether oxygens (including phenoxy) is 3. The molecule has 0 aliphatic rings. The van der Waals surface area contributed by atoms with Gasteiger partial charge in [-0.05, 0) is 79.2 Å². The summed E-state index contributed by atoms with van der Waals surface area (Å²) < 4.78 is 32.5. The Bertz CT molecular complexity index is 1690. The van der Waals surface area contributed by atoms with Gasteiger partial charge >= 0.3 is 0 Å². The largest absolute Gasteiger partial charge is 0.495 e. The van der Waals surface area contributed by atoms with E-state index >= 15 is 4.39 Å². The fraction of sp³-hybridized carbons (Fsp3) is 0.243. The Kier molecular flexibility index (Phi) is 11.4. The van der Waals surface area contributed by atoms with Crippen molar-refractivity contribution < 1.29 is 18.6 Å². The van der Waals surface area contributed by atoms with Gasteiger partial charge in [0, 0.05) is 24.0 Å². The molecule has 4 aromatic carbocycles. The first-order valence-corrected chi connectivity index (χ1v) is 15.5. The molecule has 0 atom stereocenters. The maximum Gasteiger partial charge on any atom is 0.229 e. The van der Waals surface area contributed by atoms with Crippen molar-refractivity contribution >= 4 is 23.1 Å². The SMILES string of the molecule is CCCN(CC)CCOc1ccc(Nc2ncc(-c3ccc(OCc4ccccc4)c(F)c3)c(Nc3ccccc3OC)n2)cc1. The molecular weight excluding hydrogens is 581 g/mol. The molecular formula is C37H40FN5O3. The summed E-state index contributed by atoms with van der Waals surface area (Å²) in [6.45, 7) is 8.22. The van der Waals surface area contributed by atoms with E-state index in [1.807, 2.05) is 78.9 Å². The van der Waals surface area contributed by atoms with Crippen LogP contribution in [-0.4, -0.2) is 48.2 Å². The number of methoxy groups -OCH3 is 1. The normalized spacial score (nSPS) is 10.9. The average molecular weight is 622 g/mol. The van der Waals surface area contributed by atoms with Crippen LogP contribution in [0.25, 0.3) is 11.1 Å². The zero-order valence-corrected chi connectivity index (χ0v) is 26.5. The molecule has 0 fully saturated rings. The van der Waals surface area contributed by atoms with Crippen LogP contribution < -0.4 is 24.8 Å². The van der Waals surface area contributed by atoms with Crippen LogP contribution in [0.1, 0.15) is 25.8 Å². The summed E-state index contributed by atoms with van der Waals surface area (Å²) in [5.41, 5.74) is 3.67. The van der Waals surface area contributed by atoms with Gasteiger partial charge in [-0.1, -0.05) is 62.4 Å². The van der Waals surface area contributed by atoms with Gasteiger partial charge in [-0.15, -0.1) is 0 Å². The predicted molar refractivity (Wildman–Crippen MR) is 182 cm³/mol. The minimum Gasteiger partial charge on any atom is -0.495 e. The molecule has 46 heavy (non-hydrogen) atoms. The number of anilines is 4. The standard InChI is InChI=1S/C37H40FN5O3/c1-4-21-43(5-2)22-23-45-30-18-16-29(17-19-30)40-37-39-25-31(36(42-37)41-33-13-9-10-14-35(33)44-3)28-15-20-34(32(38)24-28)46-26-27-11-7-6-8-12-27/h6-20,24-25H,4-5,21-23,26H2,1-3H3,(H2,39,40,41,42). The molecule has 0 aliphatic carbocycles. The molecule has 0 aliphatic heterocycles. The number of nitrogens with one attached hydrogen (secondary N) is 2. The van der Waals surface area contributed by atoms with Crippen LogP contribution in [-0.2, 0) is 6.61 Å². The third kappa shape index (κ3) is 8.73. The summed E-state index contributed by atoms with van der Waals surface area (Å²) in [5.74, 6) is 1.98. The maximum atomic E-state index is 15.3. The Balaban J connectivity index is 1.34. The lowest BCUT2D eigenvalue weighted by Gasteiger charge is -2.19. The van der Waals surface area contributed by atoms with E-state index in [2.05, 4.69) is 34.4 Å². The number of benzene rings is 4. The Morgan fingerprint density at radius 1 is 0.804 bits per heavy atom. The van der Waals surface area contributed by atoms with E-state index in [1.54, 1.807) is 25.4 Å².